The molecule has 0 radical (unpaired) electrons. The third-order valence-electron chi connectivity index (χ3n) is 2.74. The lowest BCUT2D eigenvalue weighted by Crippen LogP contribution is -2.21. The van der Waals surface area contributed by atoms with Gasteiger partial charge in [-0.25, -0.2) is 4.98 Å². The molecule has 3 heteroatoms. The number of rotatable bonds is 7. The Balaban J connectivity index is 2.70. The summed E-state index contributed by atoms with van der Waals surface area (Å²) in [5, 5.41) is 4.83. The van der Waals surface area contributed by atoms with Gasteiger partial charge in [0.05, 0.1) is 10.7 Å². The molecular formula is C13H24N2S. The van der Waals surface area contributed by atoms with Crippen LogP contribution >= 0.6 is 11.3 Å². The highest BCUT2D eigenvalue weighted by Crippen LogP contribution is 2.28. The number of thiazole rings is 1. The number of hydrogen-bond acceptors (Lipinski definition) is 3. The lowest BCUT2D eigenvalue weighted by atomic mass is 10.1. The van der Waals surface area contributed by atoms with Gasteiger partial charge >= 0.3 is 0 Å². The third kappa shape index (κ3) is 3.87. The maximum Gasteiger partial charge on any atom is 0.0900 e. The number of nitrogens with zero attached hydrogens (tertiary/aromatic N) is 1. The molecule has 0 aliphatic rings. The van der Waals surface area contributed by atoms with Crippen LogP contribution in [-0.2, 0) is 0 Å². The lowest BCUT2D eigenvalue weighted by Gasteiger charge is -2.17. The van der Waals surface area contributed by atoms with Crippen molar-refractivity contribution in [3.8, 4) is 0 Å². The quantitative estimate of drug-likeness (QED) is 0.779. The minimum atomic E-state index is 0.520. The van der Waals surface area contributed by atoms with Crippen LogP contribution in [0.15, 0.2) is 0 Å². The number of aromatic nitrogens is 1. The van der Waals surface area contributed by atoms with Crippen LogP contribution in [0.5, 0.6) is 0 Å². The Bertz CT molecular complexity index is 299. The Morgan fingerprint density at radius 1 is 1.25 bits per heavy atom. The van der Waals surface area contributed by atoms with Crippen molar-refractivity contribution in [2.45, 2.75) is 59.4 Å². The summed E-state index contributed by atoms with van der Waals surface area (Å²) in [4.78, 5) is 5.97. The Morgan fingerprint density at radius 2 is 2.00 bits per heavy atom. The maximum atomic E-state index is 4.53. The SMILES string of the molecule is CCCCC(NCCC)c1sc(C)nc1C. The van der Waals surface area contributed by atoms with E-state index in [2.05, 4.69) is 38.0 Å². The molecule has 1 N–H and O–H groups in total. The van der Waals surface area contributed by atoms with E-state index in [0.29, 0.717) is 6.04 Å². The number of aryl methyl sites for hydroxylation is 2. The second-order valence-corrected chi connectivity index (χ2v) is 5.57. The first kappa shape index (κ1) is 13.7. The van der Waals surface area contributed by atoms with Crippen LogP contribution in [0.1, 0.15) is 61.2 Å². The Hall–Kier alpha value is -0.410. The van der Waals surface area contributed by atoms with E-state index in [4.69, 9.17) is 0 Å². The zero-order chi connectivity index (χ0) is 12.0. The molecule has 0 aliphatic carbocycles. The largest absolute Gasteiger partial charge is 0.309 e. The van der Waals surface area contributed by atoms with E-state index in [1.54, 1.807) is 0 Å². The van der Waals surface area contributed by atoms with Gasteiger partial charge in [-0.2, -0.15) is 0 Å². The summed E-state index contributed by atoms with van der Waals surface area (Å²) >= 11 is 1.85. The molecule has 0 aliphatic heterocycles. The van der Waals surface area contributed by atoms with Crippen molar-refractivity contribution in [2.75, 3.05) is 6.54 Å². The molecule has 0 saturated carbocycles. The Labute approximate surface area is 103 Å². The molecule has 1 rings (SSSR count). The third-order valence-corrected chi connectivity index (χ3v) is 3.93. The molecule has 1 aromatic heterocycles. The van der Waals surface area contributed by atoms with Crippen LogP contribution in [0, 0.1) is 13.8 Å². The fourth-order valence-corrected chi connectivity index (χ4v) is 2.96. The summed E-state index contributed by atoms with van der Waals surface area (Å²) in [6, 6.07) is 0.520. The molecule has 0 bridgehead atoms. The molecule has 0 saturated heterocycles. The van der Waals surface area contributed by atoms with Crippen molar-refractivity contribution < 1.29 is 0 Å². The van der Waals surface area contributed by atoms with E-state index in [-0.39, 0.29) is 0 Å². The summed E-state index contributed by atoms with van der Waals surface area (Å²) in [7, 11) is 0. The van der Waals surface area contributed by atoms with Crippen LogP contribution < -0.4 is 5.32 Å². The molecule has 0 amide bonds. The predicted octanol–water partition coefficient (Wildman–Crippen LogP) is 3.99. The van der Waals surface area contributed by atoms with Crippen molar-refractivity contribution in [1.29, 1.82) is 0 Å². The summed E-state index contributed by atoms with van der Waals surface area (Å²) in [6.07, 6.45) is 4.98. The fraction of sp³-hybridized carbons (Fsp3) is 0.769. The number of unbranched alkanes of at least 4 members (excludes halogenated alkanes) is 1. The van der Waals surface area contributed by atoms with E-state index in [1.165, 1.54) is 41.3 Å². The van der Waals surface area contributed by atoms with Crippen LogP contribution in [0.25, 0.3) is 0 Å². The van der Waals surface area contributed by atoms with E-state index < -0.39 is 0 Å². The monoisotopic (exact) mass is 240 g/mol. The highest BCUT2D eigenvalue weighted by atomic mass is 32.1. The van der Waals surface area contributed by atoms with Crippen LogP contribution in [0.4, 0.5) is 0 Å². The standard InChI is InChI=1S/C13H24N2S/c1-5-7-8-12(14-9-6-2)13-10(3)15-11(4)16-13/h12,14H,5-9H2,1-4H3. The molecular weight excluding hydrogens is 216 g/mol. The van der Waals surface area contributed by atoms with Crippen LogP contribution in [0.3, 0.4) is 0 Å². The zero-order valence-electron chi connectivity index (χ0n) is 11.0. The van der Waals surface area contributed by atoms with Crippen LogP contribution in [-0.4, -0.2) is 11.5 Å². The molecule has 0 spiro atoms. The average molecular weight is 240 g/mol. The highest BCUT2D eigenvalue weighted by molar-refractivity contribution is 7.11. The van der Waals surface area contributed by atoms with Gasteiger partial charge < -0.3 is 5.32 Å². The first-order valence-electron chi connectivity index (χ1n) is 6.36. The highest BCUT2D eigenvalue weighted by Gasteiger charge is 2.15. The van der Waals surface area contributed by atoms with Crippen molar-refractivity contribution in [3.63, 3.8) is 0 Å². The molecule has 1 unspecified atom stereocenters. The summed E-state index contributed by atoms with van der Waals surface area (Å²) in [5.41, 5.74) is 1.22. The normalized spacial score (nSPS) is 13.0. The molecule has 1 aromatic rings. The smallest absolute Gasteiger partial charge is 0.0900 e. The van der Waals surface area contributed by atoms with Gasteiger partial charge in [0.25, 0.3) is 0 Å². The van der Waals surface area contributed by atoms with Crippen molar-refractivity contribution in [1.82, 2.24) is 10.3 Å². The number of hydrogen-bond donors (Lipinski definition) is 1. The molecule has 92 valence electrons. The maximum absolute atomic E-state index is 4.53. The second-order valence-electron chi connectivity index (χ2n) is 4.33. The van der Waals surface area contributed by atoms with E-state index in [9.17, 15) is 0 Å². The van der Waals surface area contributed by atoms with E-state index in [1.807, 2.05) is 11.3 Å². The van der Waals surface area contributed by atoms with Gasteiger partial charge in [-0.3, -0.25) is 0 Å². The average Bonchev–Trinajstić information content (AvgIpc) is 2.58. The first-order valence-corrected chi connectivity index (χ1v) is 7.18. The summed E-state index contributed by atoms with van der Waals surface area (Å²) in [5.74, 6) is 0. The van der Waals surface area contributed by atoms with Gasteiger partial charge in [0, 0.05) is 10.9 Å². The molecule has 1 atom stereocenters. The first-order chi connectivity index (χ1) is 7.69. The van der Waals surface area contributed by atoms with Gasteiger partial charge in [0.15, 0.2) is 0 Å². The molecule has 2 nitrogen and oxygen atoms in total. The minimum Gasteiger partial charge on any atom is -0.309 e. The topological polar surface area (TPSA) is 24.9 Å². The van der Waals surface area contributed by atoms with E-state index >= 15 is 0 Å². The number of nitrogens with one attached hydrogen (secondary N) is 1. The molecule has 0 fully saturated rings. The van der Waals surface area contributed by atoms with Crippen molar-refractivity contribution in [2.24, 2.45) is 0 Å². The lowest BCUT2D eigenvalue weighted by molar-refractivity contribution is 0.485. The van der Waals surface area contributed by atoms with Crippen molar-refractivity contribution in [3.05, 3.63) is 15.6 Å². The van der Waals surface area contributed by atoms with E-state index in [0.717, 1.165) is 6.54 Å². The minimum absolute atomic E-state index is 0.520. The zero-order valence-corrected chi connectivity index (χ0v) is 11.8. The van der Waals surface area contributed by atoms with Gasteiger partial charge in [0.1, 0.15) is 0 Å². The predicted molar refractivity (Wildman–Crippen MR) is 72.1 cm³/mol. The molecule has 16 heavy (non-hydrogen) atoms. The molecule has 0 aromatic carbocycles. The van der Waals surface area contributed by atoms with Gasteiger partial charge in [-0.1, -0.05) is 26.7 Å². The van der Waals surface area contributed by atoms with Crippen molar-refractivity contribution >= 4 is 11.3 Å². The second kappa shape index (κ2) is 7.02. The summed E-state index contributed by atoms with van der Waals surface area (Å²) < 4.78 is 0. The summed E-state index contributed by atoms with van der Waals surface area (Å²) in [6.45, 7) is 9.80. The Morgan fingerprint density at radius 3 is 2.50 bits per heavy atom. The Kier molecular flexibility index (Phi) is 5.99. The molecule has 1 heterocycles. The van der Waals surface area contributed by atoms with Gasteiger partial charge in [0.2, 0.25) is 0 Å². The van der Waals surface area contributed by atoms with Gasteiger partial charge in [-0.15, -0.1) is 11.3 Å². The van der Waals surface area contributed by atoms with Crippen LogP contribution in [0.2, 0.25) is 0 Å². The van der Waals surface area contributed by atoms with Gasteiger partial charge in [-0.05, 0) is 33.2 Å². The fourth-order valence-electron chi connectivity index (χ4n) is 1.92.